The third-order valence-corrected chi connectivity index (χ3v) is 2.66. The molecule has 110 valence electrons. The van der Waals surface area contributed by atoms with Crippen LogP contribution in [-0.4, -0.2) is 37.7 Å². The molecule has 2 atom stereocenters. The zero-order chi connectivity index (χ0) is 15.0. The number of carbonyl (C=O) groups is 2. The molecule has 0 unspecified atom stereocenters. The van der Waals surface area contributed by atoms with Crippen molar-refractivity contribution in [2.45, 2.75) is 25.6 Å². The van der Waals surface area contributed by atoms with E-state index in [2.05, 4.69) is 10.1 Å². The molecule has 0 aliphatic heterocycles. The summed E-state index contributed by atoms with van der Waals surface area (Å²) >= 11 is 0. The van der Waals surface area contributed by atoms with Crippen LogP contribution in [0, 0.1) is 0 Å². The molecule has 0 aliphatic carbocycles. The van der Waals surface area contributed by atoms with Gasteiger partial charge in [0, 0.05) is 0 Å². The molecule has 1 aromatic carbocycles. The van der Waals surface area contributed by atoms with Crippen molar-refractivity contribution in [1.82, 2.24) is 5.32 Å². The molecule has 1 amide bonds. The Bertz CT molecular complexity index is 436. The Balaban J connectivity index is 2.30. The van der Waals surface area contributed by atoms with E-state index in [-0.39, 0.29) is 6.61 Å². The van der Waals surface area contributed by atoms with Gasteiger partial charge in [-0.25, -0.2) is 4.79 Å². The normalized spacial score (nSPS) is 13.3. The number of nitrogens with one attached hydrogen (secondary N) is 1. The summed E-state index contributed by atoms with van der Waals surface area (Å²) < 4.78 is 9.87. The molecule has 0 bridgehead atoms. The summed E-state index contributed by atoms with van der Waals surface area (Å²) in [5, 5.41) is 2.46. The molecule has 1 aromatic rings. The van der Waals surface area contributed by atoms with Gasteiger partial charge in [-0.3, -0.25) is 4.79 Å². The fourth-order valence-electron chi connectivity index (χ4n) is 1.51. The van der Waals surface area contributed by atoms with Crippen LogP contribution in [0.2, 0.25) is 0 Å². The first-order valence-electron chi connectivity index (χ1n) is 6.30. The second-order valence-corrected chi connectivity index (χ2v) is 4.36. The van der Waals surface area contributed by atoms with Gasteiger partial charge < -0.3 is 20.5 Å². The van der Waals surface area contributed by atoms with Crippen LogP contribution in [0.1, 0.15) is 12.5 Å². The van der Waals surface area contributed by atoms with E-state index in [0.29, 0.717) is 6.61 Å². The minimum atomic E-state index is -0.828. The molecule has 0 aliphatic rings. The van der Waals surface area contributed by atoms with Crippen molar-refractivity contribution in [3.8, 4) is 0 Å². The van der Waals surface area contributed by atoms with Gasteiger partial charge in [0.05, 0.1) is 20.3 Å². The van der Waals surface area contributed by atoms with Gasteiger partial charge in [0.25, 0.3) is 0 Å². The number of methoxy groups -OCH3 is 1. The van der Waals surface area contributed by atoms with Crippen molar-refractivity contribution in [1.29, 1.82) is 0 Å². The van der Waals surface area contributed by atoms with Crippen molar-refractivity contribution in [3.05, 3.63) is 35.9 Å². The number of nitrogens with two attached hydrogens (primary N) is 1. The van der Waals surface area contributed by atoms with Crippen LogP contribution in [0.4, 0.5) is 0 Å². The molecule has 6 heteroatoms. The molecule has 0 fully saturated rings. The Kier molecular flexibility index (Phi) is 6.69. The number of esters is 1. The van der Waals surface area contributed by atoms with Crippen molar-refractivity contribution in [2.24, 2.45) is 5.73 Å². The van der Waals surface area contributed by atoms with E-state index in [1.54, 1.807) is 0 Å². The van der Waals surface area contributed by atoms with Gasteiger partial charge in [0.1, 0.15) is 12.1 Å². The highest BCUT2D eigenvalue weighted by atomic mass is 16.5. The molecule has 0 heterocycles. The molecule has 0 spiro atoms. The lowest BCUT2D eigenvalue weighted by atomic mass is 10.2. The molecule has 1 rings (SSSR count). The topological polar surface area (TPSA) is 90.7 Å². The van der Waals surface area contributed by atoms with Crippen LogP contribution in [-0.2, 0) is 25.7 Å². The molecule has 0 saturated heterocycles. The lowest BCUT2D eigenvalue weighted by Crippen LogP contribution is -2.49. The van der Waals surface area contributed by atoms with E-state index in [4.69, 9.17) is 10.5 Å². The summed E-state index contributed by atoms with van der Waals surface area (Å²) in [5.74, 6) is -0.966. The molecule has 20 heavy (non-hydrogen) atoms. The van der Waals surface area contributed by atoms with Crippen LogP contribution >= 0.6 is 0 Å². The van der Waals surface area contributed by atoms with E-state index in [0.717, 1.165) is 5.56 Å². The summed E-state index contributed by atoms with van der Waals surface area (Å²) in [5.41, 5.74) is 6.68. The number of rotatable bonds is 7. The first-order chi connectivity index (χ1) is 9.54. The highest BCUT2D eigenvalue weighted by Crippen LogP contribution is 2.00. The van der Waals surface area contributed by atoms with Crippen LogP contribution in [0.15, 0.2) is 30.3 Å². The zero-order valence-corrected chi connectivity index (χ0v) is 11.7. The highest BCUT2D eigenvalue weighted by Gasteiger charge is 2.20. The Morgan fingerprint density at radius 1 is 1.30 bits per heavy atom. The lowest BCUT2D eigenvalue weighted by Gasteiger charge is -2.16. The van der Waals surface area contributed by atoms with Crippen LogP contribution in [0.25, 0.3) is 0 Å². The first kappa shape index (κ1) is 16.1. The maximum absolute atomic E-state index is 11.7. The number of carbonyl (C=O) groups excluding carboxylic acids is 2. The van der Waals surface area contributed by atoms with E-state index in [9.17, 15) is 9.59 Å². The number of ether oxygens (including phenoxy) is 2. The standard InChI is InChI=1S/C14H20N2O4/c1-10(14(18)19-2)16-13(17)12(15)9-20-8-11-6-4-3-5-7-11/h3-7,10,12H,8-9,15H2,1-2H3,(H,16,17)/t10-,12-/m0/s1. The van der Waals surface area contributed by atoms with Crippen LogP contribution in [0.5, 0.6) is 0 Å². The summed E-state index contributed by atoms with van der Waals surface area (Å²) in [6.07, 6.45) is 0. The van der Waals surface area contributed by atoms with E-state index in [1.807, 2.05) is 30.3 Å². The van der Waals surface area contributed by atoms with Gasteiger partial charge in [0.2, 0.25) is 5.91 Å². The van der Waals surface area contributed by atoms with Crippen LogP contribution in [0.3, 0.4) is 0 Å². The molecule has 6 nitrogen and oxygen atoms in total. The Labute approximate surface area is 118 Å². The summed E-state index contributed by atoms with van der Waals surface area (Å²) in [6.45, 7) is 1.99. The predicted molar refractivity (Wildman–Crippen MR) is 73.7 cm³/mol. The molecular formula is C14H20N2O4. The Morgan fingerprint density at radius 3 is 2.55 bits per heavy atom. The quantitative estimate of drug-likeness (QED) is 0.697. The molecule has 3 N–H and O–H groups in total. The number of benzene rings is 1. The van der Waals surface area contributed by atoms with Crippen LogP contribution < -0.4 is 11.1 Å². The summed E-state index contributed by atoms with van der Waals surface area (Å²) in [4.78, 5) is 22.9. The largest absolute Gasteiger partial charge is 0.467 e. The van der Waals surface area contributed by atoms with Crippen molar-refractivity contribution >= 4 is 11.9 Å². The maximum Gasteiger partial charge on any atom is 0.328 e. The van der Waals surface area contributed by atoms with Crippen molar-refractivity contribution < 1.29 is 19.1 Å². The summed E-state index contributed by atoms with van der Waals surface area (Å²) in [7, 11) is 1.26. The zero-order valence-electron chi connectivity index (χ0n) is 11.7. The van der Waals surface area contributed by atoms with Gasteiger partial charge in [-0.05, 0) is 12.5 Å². The number of amides is 1. The first-order valence-corrected chi connectivity index (χ1v) is 6.30. The maximum atomic E-state index is 11.7. The number of hydrogen-bond donors (Lipinski definition) is 2. The van der Waals surface area contributed by atoms with E-state index < -0.39 is 24.0 Å². The summed E-state index contributed by atoms with van der Waals surface area (Å²) in [6, 6.07) is 8.01. The number of hydrogen-bond acceptors (Lipinski definition) is 5. The Morgan fingerprint density at radius 2 is 1.95 bits per heavy atom. The van der Waals surface area contributed by atoms with Gasteiger partial charge in [0.15, 0.2) is 0 Å². The van der Waals surface area contributed by atoms with Gasteiger partial charge in [-0.1, -0.05) is 30.3 Å². The second-order valence-electron chi connectivity index (χ2n) is 4.36. The van der Waals surface area contributed by atoms with Crippen molar-refractivity contribution in [2.75, 3.05) is 13.7 Å². The Hall–Kier alpha value is -1.92. The van der Waals surface area contributed by atoms with E-state index in [1.165, 1.54) is 14.0 Å². The van der Waals surface area contributed by atoms with E-state index >= 15 is 0 Å². The van der Waals surface area contributed by atoms with Crippen molar-refractivity contribution in [3.63, 3.8) is 0 Å². The minimum Gasteiger partial charge on any atom is -0.467 e. The van der Waals surface area contributed by atoms with Gasteiger partial charge in [-0.2, -0.15) is 0 Å². The lowest BCUT2D eigenvalue weighted by molar-refractivity contribution is -0.144. The molecular weight excluding hydrogens is 260 g/mol. The molecule has 0 saturated carbocycles. The smallest absolute Gasteiger partial charge is 0.328 e. The predicted octanol–water partition coefficient (Wildman–Crippen LogP) is 0.208. The van der Waals surface area contributed by atoms with Gasteiger partial charge in [-0.15, -0.1) is 0 Å². The molecule has 0 radical (unpaired) electrons. The molecule has 0 aromatic heterocycles. The minimum absolute atomic E-state index is 0.0780. The monoisotopic (exact) mass is 280 g/mol. The fourth-order valence-corrected chi connectivity index (χ4v) is 1.51. The average Bonchev–Trinajstić information content (AvgIpc) is 2.47. The third-order valence-electron chi connectivity index (χ3n) is 2.66. The van der Waals surface area contributed by atoms with Gasteiger partial charge >= 0.3 is 5.97 Å². The average molecular weight is 280 g/mol. The third kappa shape index (κ3) is 5.38. The second kappa shape index (κ2) is 8.29. The highest BCUT2D eigenvalue weighted by molar-refractivity contribution is 5.87. The fraction of sp³-hybridized carbons (Fsp3) is 0.429. The SMILES string of the molecule is COC(=O)[C@H](C)NC(=O)[C@@H](N)COCc1ccccc1.